The van der Waals surface area contributed by atoms with Crippen LogP contribution in [-0.2, 0) is 4.79 Å². The Kier molecular flexibility index (Phi) is 4.95. The van der Waals surface area contributed by atoms with Gasteiger partial charge in [0.1, 0.15) is 0 Å². The third-order valence-electron chi connectivity index (χ3n) is 3.37. The minimum atomic E-state index is -0.0807. The van der Waals surface area contributed by atoms with E-state index in [-0.39, 0.29) is 11.8 Å². The first-order valence-corrected chi connectivity index (χ1v) is 6.88. The van der Waals surface area contributed by atoms with Crippen molar-refractivity contribution < 1.29 is 9.59 Å². The first kappa shape index (κ1) is 13.6. The molecule has 0 unspecified atom stereocenters. The summed E-state index contributed by atoms with van der Waals surface area (Å²) in [6.45, 7) is 1.94. The number of nitrogens with zero attached hydrogens (tertiary/aromatic N) is 1. The van der Waals surface area contributed by atoms with E-state index in [2.05, 4.69) is 5.32 Å². The molecule has 2 rings (SSSR count). The van der Waals surface area contributed by atoms with Crippen molar-refractivity contribution in [3.63, 3.8) is 0 Å². The lowest BCUT2D eigenvalue weighted by Gasteiger charge is -2.20. The Balaban J connectivity index is 1.77. The summed E-state index contributed by atoms with van der Waals surface area (Å²) in [7, 11) is 0. The maximum Gasteiger partial charge on any atom is 0.251 e. The van der Waals surface area contributed by atoms with Crippen molar-refractivity contribution in [3.05, 3.63) is 35.9 Å². The molecule has 1 aliphatic heterocycles. The van der Waals surface area contributed by atoms with Crippen LogP contribution in [-0.4, -0.2) is 36.3 Å². The van der Waals surface area contributed by atoms with Crippen LogP contribution < -0.4 is 5.32 Å². The number of amides is 2. The Labute approximate surface area is 113 Å². The minimum absolute atomic E-state index is 0.0807. The molecule has 19 heavy (non-hydrogen) atoms. The zero-order valence-electron chi connectivity index (χ0n) is 11.1. The topological polar surface area (TPSA) is 49.4 Å². The Morgan fingerprint density at radius 1 is 1.16 bits per heavy atom. The number of likely N-dealkylation sites (tertiary alicyclic amines) is 1. The van der Waals surface area contributed by atoms with Crippen molar-refractivity contribution in [2.24, 2.45) is 0 Å². The molecule has 0 saturated carbocycles. The van der Waals surface area contributed by atoms with Gasteiger partial charge >= 0.3 is 0 Å². The van der Waals surface area contributed by atoms with Crippen molar-refractivity contribution in [1.29, 1.82) is 0 Å². The first-order valence-electron chi connectivity index (χ1n) is 6.88. The highest BCUT2D eigenvalue weighted by Crippen LogP contribution is 2.10. The molecule has 1 aromatic rings. The average molecular weight is 260 g/mol. The van der Waals surface area contributed by atoms with Crippen LogP contribution >= 0.6 is 0 Å². The smallest absolute Gasteiger partial charge is 0.251 e. The Hall–Kier alpha value is -1.84. The lowest BCUT2D eigenvalue weighted by atomic mass is 10.2. The van der Waals surface area contributed by atoms with E-state index in [9.17, 15) is 9.59 Å². The number of carbonyl (C=O) groups excluding carboxylic acids is 2. The van der Waals surface area contributed by atoms with Crippen molar-refractivity contribution in [1.82, 2.24) is 10.2 Å². The molecule has 4 nitrogen and oxygen atoms in total. The van der Waals surface area contributed by atoms with Crippen molar-refractivity contribution in [3.8, 4) is 0 Å². The molecule has 1 aliphatic rings. The maximum atomic E-state index is 11.8. The van der Waals surface area contributed by atoms with E-state index in [4.69, 9.17) is 0 Å². The van der Waals surface area contributed by atoms with E-state index < -0.39 is 0 Å². The normalized spacial score (nSPS) is 16.0. The molecule has 1 aromatic carbocycles. The second-order valence-electron chi connectivity index (χ2n) is 4.81. The summed E-state index contributed by atoms with van der Waals surface area (Å²) in [5.74, 6) is 0.134. The van der Waals surface area contributed by atoms with Crippen LogP contribution in [0.2, 0.25) is 0 Å². The van der Waals surface area contributed by atoms with Crippen LogP contribution in [0.1, 0.15) is 36.0 Å². The number of nitrogens with one attached hydrogen (secondary N) is 1. The van der Waals surface area contributed by atoms with Crippen molar-refractivity contribution in [2.75, 3.05) is 19.6 Å². The highest BCUT2D eigenvalue weighted by Gasteiger charge is 2.16. The van der Waals surface area contributed by atoms with Crippen LogP contribution in [0.3, 0.4) is 0 Å². The fourth-order valence-corrected chi connectivity index (χ4v) is 2.27. The lowest BCUT2D eigenvalue weighted by molar-refractivity contribution is -0.130. The second kappa shape index (κ2) is 6.92. The van der Waals surface area contributed by atoms with Gasteiger partial charge in [0, 0.05) is 31.6 Å². The molecule has 0 aliphatic carbocycles. The molecule has 0 bridgehead atoms. The first-order chi connectivity index (χ1) is 9.27. The van der Waals surface area contributed by atoms with Gasteiger partial charge in [-0.1, -0.05) is 24.6 Å². The third-order valence-corrected chi connectivity index (χ3v) is 3.37. The summed E-state index contributed by atoms with van der Waals surface area (Å²) in [6, 6.07) is 9.13. The van der Waals surface area contributed by atoms with Crippen LogP contribution in [0, 0.1) is 0 Å². The third kappa shape index (κ3) is 4.09. The van der Waals surface area contributed by atoms with Crippen LogP contribution in [0.25, 0.3) is 0 Å². The van der Waals surface area contributed by atoms with Crippen LogP contribution in [0.4, 0.5) is 0 Å². The molecule has 1 fully saturated rings. The molecular weight excluding hydrogens is 240 g/mol. The van der Waals surface area contributed by atoms with E-state index in [1.165, 1.54) is 0 Å². The van der Waals surface area contributed by atoms with E-state index in [1.807, 2.05) is 23.1 Å². The molecular formula is C15H20N2O2. The molecule has 4 heteroatoms. The monoisotopic (exact) mass is 260 g/mol. The predicted molar refractivity (Wildman–Crippen MR) is 73.8 cm³/mol. The highest BCUT2D eigenvalue weighted by atomic mass is 16.2. The van der Waals surface area contributed by atoms with Gasteiger partial charge in [0.15, 0.2) is 0 Å². The predicted octanol–water partition coefficient (Wildman–Crippen LogP) is 1.82. The lowest BCUT2D eigenvalue weighted by Crippen LogP contribution is -2.38. The SMILES string of the molecule is O=C(NCCN1CCCCCC1=O)c1ccccc1. The summed E-state index contributed by atoms with van der Waals surface area (Å²) >= 11 is 0. The molecule has 1 heterocycles. The largest absolute Gasteiger partial charge is 0.350 e. The fourth-order valence-electron chi connectivity index (χ4n) is 2.27. The summed E-state index contributed by atoms with van der Waals surface area (Å²) in [4.78, 5) is 25.5. The molecule has 102 valence electrons. The minimum Gasteiger partial charge on any atom is -0.350 e. The van der Waals surface area contributed by atoms with E-state index in [0.717, 1.165) is 25.8 Å². The quantitative estimate of drug-likeness (QED) is 0.897. The van der Waals surface area contributed by atoms with Gasteiger partial charge in [-0.2, -0.15) is 0 Å². The van der Waals surface area contributed by atoms with Gasteiger partial charge in [0.2, 0.25) is 5.91 Å². The molecule has 2 amide bonds. The number of benzene rings is 1. The Morgan fingerprint density at radius 3 is 2.74 bits per heavy atom. The van der Waals surface area contributed by atoms with Crippen LogP contribution in [0.15, 0.2) is 30.3 Å². The van der Waals surface area contributed by atoms with E-state index in [1.54, 1.807) is 12.1 Å². The maximum absolute atomic E-state index is 11.8. The van der Waals surface area contributed by atoms with Gasteiger partial charge in [-0.25, -0.2) is 0 Å². The molecule has 0 aromatic heterocycles. The fraction of sp³-hybridized carbons (Fsp3) is 0.467. The van der Waals surface area contributed by atoms with E-state index >= 15 is 0 Å². The van der Waals surface area contributed by atoms with Crippen molar-refractivity contribution in [2.45, 2.75) is 25.7 Å². The van der Waals surface area contributed by atoms with Gasteiger partial charge in [-0.3, -0.25) is 9.59 Å². The van der Waals surface area contributed by atoms with Crippen molar-refractivity contribution >= 4 is 11.8 Å². The summed E-state index contributed by atoms with van der Waals surface area (Å²) in [5.41, 5.74) is 0.657. The molecule has 1 N–H and O–H groups in total. The summed E-state index contributed by atoms with van der Waals surface area (Å²) < 4.78 is 0. The van der Waals surface area contributed by atoms with Gasteiger partial charge in [0.25, 0.3) is 5.91 Å². The molecule has 0 radical (unpaired) electrons. The zero-order chi connectivity index (χ0) is 13.5. The van der Waals surface area contributed by atoms with Gasteiger partial charge in [0.05, 0.1) is 0 Å². The number of carbonyl (C=O) groups is 2. The van der Waals surface area contributed by atoms with Crippen LogP contribution in [0.5, 0.6) is 0 Å². The average Bonchev–Trinajstić information content (AvgIpc) is 2.65. The summed E-state index contributed by atoms with van der Waals surface area (Å²) in [5, 5.41) is 2.85. The molecule has 1 saturated heterocycles. The Morgan fingerprint density at radius 2 is 1.95 bits per heavy atom. The summed E-state index contributed by atoms with van der Waals surface area (Å²) in [6.07, 6.45) is 3.83. The highest BCUT2D eigenvalue weighted by molar-refractivity contribution is 5.94. The number of rotatable bonds is 4. The van der Waals surface area contributed by atoms with Gasteiger partial charge in [-0.05, 0) is 25.0 Å². The van der Waals surface area contributed by atoms with E-state index in [0.29, 0.717) is 25.1 Å². The second-order valence-corrected chi connectivity index (χ2v) is 4.81. The number of hydrogen-bond acceptors (Lipinski definition) is 2. The molecule has 0 spiro atoms. The zero-order valence-corrected chi connectivity index (χ0v) is 11.1. The number of hydrogen-bond donors (Lipinski definition) is 1. The van der Waals surface area contributed by atoms with Gasteiger partial charge < -0.3 is 10.2 Å². The Bertz CT molecular complexity index is 431. The molecule has 0 atom stereocenters. The van der Waals surface area contributed by atoms with Gasteiger partial charge in [-0.15, -0.1) is 0 Å². The standard InChI is InChI=1S/C15H20N2O2/c18-14-9-5-2-6-11-17(14)12-10-16-15(19)13-7-3-1-4-8-13/h1,3-4,7-8H,2,5-6,9-12H2,(H,16,19).